The van der Waals surface area contributed by atoms with E-state index in [1.54, 1.807) is 36.4 Å². The van der Waals surface area contributed by atoms with E-state index in [1.165, 1.54) is 12.1 Å². The number of aryl methyl sites for hydroxylation is 1. The van der Waals surface area contributed by atoms with E-state index in [0.29, 0.717) is 23.4 Å². The molecule has 2 aromatic carbocycles. The molecule has 0 amide bonds. The second kappa shape index (κ2) is 5.78. The average molecular weight is 263 g/mol. The molecule has 0 aliphatic rings. The third-order valence-corrected chi connectivity index (χ3v) is 2.94. The average Bonchev–Trinajstić information content (AvgIpc) is 2.38. The van der Waals surface area contributed by atoms with E-state index in [2.05, 4.69) is 0 Å². The standard InChI is InChI=1S/C15H12ClFO/c16-13-3-1-2-12(10-13)15(18)9-6-11-4-7-14(17)8-5-11/h1-5,7-8,10H,6,9H2. The fourth-order valence-corrected chi connectivity index (χ4v) is 1.91. The predicted octanol–water partition coefficient (Wildman–Crippen LogP) is 4.29. The summed E-state index contributed by atoms with van der Waals surface area (Å²) in [6, 6.07) is 13.1. The number of rotatable bonds is 4. The molecule has 0 radical (unpaired) electrons. The van der Waals surface area contributed by atoms with Crippen LogP contribution in [0.25, 0.3) is 0 Å². The van der Waals surface area contributed by atoms with Gasteiger partial charge in [-0.15, -0.1) is 0 Å². The summed E-state index contributed by atoms with van der Waals surface area (Å²) in [6.45, 7) is 0. The van der Waals surface area contributed by atoms with Crippen LogP contribution in [0.5, 0.6) is 0 Å². The summed E-state index contributed by atoms with van der Waals surface area (Å²) in [6.07, 6.45) is 0.998. The van der Waals surface area contributed by atoms with Crippen molar-refractivity contribution < 1.29 is 9.18 Å². The normalized spacial score (nSPS) is 10.3. The Morgan fingerprint density at radius 3 is 2.50 bits per heavy atom. The molecule has 0 spiro atoms. The van der Waals surface area contributed by atoms with Gasteiger partial charge in [0.05, 0.1) is 0 Å². The van der Waals surface area contributed by atoms with Crippen molar-refractivity contribution in [1.29, 1.82) is 0 Å². The van der Waals surface area contributed by atoms with E-state index in [-0.39, 0.29) is 11.6 Å². The highest BCUT2D eigenvalue weighted by Gasteiger charge is 2.06. The second-order valence-electron chi connectivity index (χ2n) is 4.06. The van der Waals surface area contributed by atoms with E-state index in [1.807, 2.05) is 0 Å². The number of hydrogen-bond donors (Lipinski definition) is 0. The van der Waals surface area contributed by atoms with Crippen molar-refractivity contribution >= 4 is 17.4 Å². The van der Waals surface area contributed by atoms with Crippen LogP contribution in [-0.2, 0) is 6.42 Å². The van der Waals surface area contributed by atoms with E-state index in [4.69, 9.17) is 11.6 Å². The highest BCUT2D eigenvalue weighted by Crippen LogP contribution is 2.14. The van der Waals surface area contributed by atoms with Crippen LogP contribution in [0.15, 0.2) is 48.5 Å². The van der Waals surface area contributed by atoms with Crippen molar-refractivity contribution in [3.8, 4) is 0 Å². The van der Waals surface area contributed by atoms with Crippen LogP contribution in [-0.4, -0.2) is 5.78 Å². The van der Waals surface area contributed by atoms with E-state index in [9.17, 15) is 9.18 Å². The van der Waals surface area contributed by atoms with Gasteiger partial charge in [0.15, 0.2) is 5.78 Å². The molecule has 92 valence electrons. The van der Waals surface area contributed by atoms with Gasteiger partial charge in [0, 0.05) is 17.0 Å². The van der Waals surface area contributed by atoms with Crippen molar-refractivity contribution in [2.24, 2.45) is 0 Å². The Balaban J connectivity index is 1.98. The molecule has 0 aliphatic carbocycles. The first-order valence-electron chi connectivity index (χ1n) is 5.68. The molecule has 0 saturated carbocycles. The molecule has 0 aliphatic heterocycles. The molecule has 0 heterocycles. The Kier molecular flexibility index (Phi) is 4.11. The van der Waals surface area contributed by atoms with Crippen LogP contribution < -0.4 is 0 Å². The Hall–Kier alpha value is -1.67. The van der Waals surface area contributed by atoms with Gasteiger partial charge in [0.25, 0.3) is 0 Å². The molecule has 0 saturated heterocycles. The van der Waals surface area contributed by atoms with Gasteiger partial charge in [-0.25, -0.2) is 4.39 Å². The topological polar surface area (TPSA) is 17.1 Å². The maximum Gasteiger partial charge on any atom is 0.163 e. The number of halogens is 2. The summed E-state index contributed by atoms with van der Waals surface area (Å²) < 4.78 is 12.7. The Bertz CT molecular complexity index is 549. The summed E-state index contributed by atoms with van der Waals surface area (Å²) in [5.74, 6) is -0.221. The molecule has 3 heteroatoms. The zero-order valence-electron chi connectivity index (χ0n) is 9.70. The predicted molar refractivity (Wildman–Crippen MR) is 70.5 cm³/mol. The van der Waals surface area contributed by atoms with Crippen molar-refractivity contribution in [2.45, 2.75) is 12.8 Å². The van der Waals surface area contributed by atoms with Crippen molar-refractivity contribution in [2.75, 3.05) is 0 Å². The first-order valence-corrected chi connectivity index (χ1v) is 6.06. The number of ketones is 1. The zero-order valence-corrected chi connectivity index (χ0v) is 10.5. The number of benzene rings is 2. The highest BCUT2D eigenvalue weighted by molar-refractivity contribution is 6.31. The minimum absolute atomic E-state index is 0.0434. The lowest BCUT2D eigenvalue weighted by Crippen LogP contribution is -2.01. The summed E-state index contributed by atoms with van der Waals surface area (Å²) >= 11 is 5.83. The quantitative estimate of drug-likeness (QED) is 0.751. The van der Waals surface area contributed by atoms with Gasteiger partial charge in [-0.1, -0.05) is 35.9 Å². The van der Waals surface area contributed by atoms with Gasteiger partial charge >= 0.3 is 0 Å². The number of carbonyl (C=O) groups excluding carboxylic acids is 1. The number of Topliss-reactive ketones (excluding diaryl/α,β-unsaturated/α-hetero) is 1. The molecule has 0 N–H and O–H groups in total. The fraction of sp³-hybridized carbons (Fsp3) is 0.133. The summed E-state index contributed by atoms with van der Waals surface area (Å²) in [7, 11) is 0. The lowest BCUT2D eigenvalue weighted by atomic mass is 10.0. The van der Waals surface area contributed by atoms with Gasteiger partial charge in [-0.05, 0) is 36.2 Å². The largest absolute Gasteiger partial charge is 0.294 e. The Morgan fingerprint density at radius 2 is 1.83 bits per heavy atom. The molecule has 0 unspecified atom stereocenters. The molecule has 2 aromatic rings. The molecule has 18 heavy (non-hydrogen) atoms. The van der Waals surface area contributed by atoms with Gasteiger partial charge in [0.1, 0.15) is 5.82 Å². The molecular weight excluding hydrogens is 251 g/mol. The third kappa shape index (κ3) is 3.41. The second-order valence-corrected chi connectivity index (χ2v) is 4.50. The summed E-state index contributed by atoms with van der Waals surface area (Å²) in [5, 5.41) is 0.558. The smallest absolute Gasteiger partial charge is 0.163 e. The third-order valence-electron chi connectivity index (χ3n) is 2.70. The maximum atomic E-state index is 12.7. The monoisotopic (exact) mass is 262 g/mol. The van der Waals surface area contributed by atoms with Crippen LogP contribution in [0, 0.1) is 5.82 Å². The van der Waals surface area contributed by atoms with Gasteiger partial charge in [-0.2, -0.15) is 0 Å². The molecule has 2 rings (SSSR count). The van der Waals surface area contributed by atoms with Crippen LogP contribution in [0.2, 0.25) is 5.02 Å². The molecule has 0 fully saturated rings. The fourth-order valence-electron chi connectivity index (χ4n) is 1.72. The van der Waals surface area contributed by atoms with Crippen molar-refractivity contribution in [3.63, 3.8) is 0 Å². The van der Waals surface area contributed by atoms with Crippen molar-refractivity contribution in [1.82, 2.24) is 0 Å². The van der Waals surface area contributed by atoms with E-state index in [0.717, 1.165) is 5.56 Å². The van der Waals surface area contributed by atoms with Crippen LogP contribution in [0.1, 0.15) is 22.3 Å². The van der Waals surface area contributed by atoms with E-state index >= 15 is 0 Å². The SMILES string of the molecule is O=C(CCc1ccc(F)cc1)c1cccc(Cl)c1. The minimum Gasteiger partial charge on any atom is -0.294 e. The van der Waals surface area contributed by atoms with Crippen LogP contribution >= 0.6 is 11.6 Å². The molecule has 1 nitrogen and oxygen atoms in total. The summed E-state index contributed by atoms with van der Waals surface area (Å²) in [5.41, 5.74) is 1.57. The highest BCUT2D eigenvalue weighted by atomic mass is 35.5. The number of carbonyl (C=O) groups is 1. The van der Waals surface area contributed by atoms with Gasteiger partial charge < -0.3 is 0 Å². The first kappa shape index (κ1) is 12.8. The van der Waals surface area contributed by atoms with Crippen LogP contribution in [0.3, 0.4) is 0 Å². The Morgan fingerprint density at radius 1 is 1.11 bits per heavy atom. The maximum absolute atomic E-state index is 12.7. The first-order chi connectivity index (χ1) is 8.65. The van der Waals surface area contributed by atoms with Crippen LogP contribution in [0.4, 0.5) is 4.39 Å². The summed E-state index contributed by atoms with van der Waals surface area (Å²) in [4.78, 5) is 11.9. The molecule has 0 aromatic heterocycles. The minimum atomic E-state index is -0.264. The zero-order chi connectivity index (χ0) is 13.0. The lowest BCUT2D eigenvalue weighted by Gasteiger charge is -2.02. The van der Waals surface area contributed by atoms with Gasteiger partial charge in [0.2, 0.25) is 0 Å². The molecule has 0 atom stereocenters. The van der Waals surface area contributed by atoms with Crippen molar-refractivity contribution in [3.05, 3.63) is 70.5 Å². The molecule has 0 bridgehead atoms. The lowest BCUT2D eigenvalue weighted by molar-refractivity contribution is 0.0983. The van der Waals surface area contributed by atoms with Gasteiger partial charge in [-0.3, -0.25) is 4.79 Å². The number of hydrogen-bond acceptors (Lipinski definition) is 1. The Labute approximate surface area is 110 Å². The van der Waals surface area contributed by atoms with E-state index < -0.39 is 0 Å². The molecular formula is C15H12ClFO.